The van der Waals surface area contributed by atoms with E-state index in [0.717, 1.165) is 10.6 Å². The average molecular weight is 218 g/mol. The molecule has 1 aromatic rings. The van der Waals surface area contributed by atoms with Crippen LogP contribution in [0, 0.1) is 0 Å². The molecule has 0 N–H and O–H groups in total. The molecule has 0 radical (unpaired) electrons. The maximum atomic E-state index is 11.1. The molecule has 0 fully saturated rings. The maximum Gasteiger partial charge on any atom is 0.338 e. The first-order chi connectivity index (χ1) is 7.77. The number of benzene rings is 1. The number of urea groups is 1. The second-order valence-electron chi connectivity index (χ2n) is 2.71. The van der Waals surface area contributed by atoms with Crippen molar-refractivity contribution in [3.8, 4) is 0 Å². The summed E-state index contributed by atoms with van der Waals surface area (Å²) in [6, 6.07) is 8.52. The number of carbonyl (C=O) groups is 1. The third-order valence-electron chi connectivity index (χ3n) is 1.72. The molecule has 2 amide bonds. The summed E-state index contributed by atoms with van der Waals surface area (Å²) in [5.41, 5.74) is 9.00. The fraction of sp³-hybridized carbons (Fsp3) is 0.100. The molecule has 0 unspecified atom stereocenters. The van der Waals surface area contributed by atoms with E-state index in [0.29, 0.717) is 0 Å². The standard InChI is InChI=1S/C10H10N4O2/c1-16-14(10(15)12-13-11)8-7-9-5-3-2-4-6-9/h2-8H,1H3. The van der Waals surface area contributed by atoms with Gasteiger partial charge in [-0.3, -0.25) is 9.63 Å². The molecular weight excluding hydrogens is 208 g/mol. The quantitative estimate of drug-likeness (QED) is 0.338. The summed E-state index contributed by atoms with van der Waals surface area (Å²) in [5.74, 6) is 0. The summed E-state index contributed by atoms with van der Waals surface area (Å²) in [6.45, 7) is 0. The monoisotopic (exact) mass is 218 g/mol. The van der Waals surface area contributed by atoms with Gasteiger partial charge in [-0.05, 0) is 17.2 Å². The molecule has 0 aliphatic heterocycles. The van der Waals surface area contributed by atoms with E-state index in [1.165, 1.54) is 13.3 Å². The summed E-state index contributed by atoms with van der Waals surface area (Å²) in [5, 5.41) is 3.74. The number of amides is 2. The van der Waals surface area contributed by atoms with Gasteiger partial charge in [-0.25, -0.2) is 0 Å². The van der Waals surface area contributed by atoms with Crippen molar-refractivity contribution in [3.05, 3.63) is 52.5 Å². The molecule has 0 aromatic heterocycles. The number of nitrogens with zero attached hydrogens (tertiary/aromatic N) is 4. The van der Waals surface area contributed by atoms with Crippen LogP contribution in [0.4, 0.5) is 4.79 Å². The van der Waals surface area contributed by atoms with Crippen LogP contribution in [0.5, 0.6) is 0 Å². The van der Waals surface area contributed by atoms with E-state index < -0.39 is 6.03 Å². The summed E-state index contributed by atoms with van der Waals surface area (Å²) < 4.78 is 0. The van der Waals surface area contributed by atoms with Gasteiger partial charge in [-0.15, -0.1) is 0 Å². The van der Waals surface area contributed by atoms with Gasteiger partial charge in [-0.2, -0.15) is 5.06 Å². The van der Waals surface area contributed by atoms with Gasteiger partial charge in [0.05, 0.1) is 7.11 Å². The van der Waals surface area contributed by atoms with Gasteiger partial charge in [0.25, 0.3) is 0 Å². The van der Waals surface area contributed by atoms with Gasteiger partial charge in [0.1, 0.15) is 0 Å². The highest BCUT2D eigenvalue weighted by Gasteiger charge is 2.06. The van der Waals surface area contributed by atoms with Crippen LogP contribution in [0.15, 0.2) is 41.6 Å². The molecule has 0 saturated heterocycles. The van der Waals surface area contributed by atoms with Crippen LogP contribution in [0.2, 0.25) is 0 Å². The van der Waals surface area contributed by atoms with E-state index in [1.807, 2.05) is 30.3 Å². The predicted molar refractivity (Wildman–Crippen MR) is 58.9 cm³/mol. The highest BCUT2D eigenvalue weighted by molar-refractivity contribution is 5.75. The molecular formula is C10H10N4O2. The van der Waals surface area contributed by atoms with Crippen molar-refractivity contribution in [3.63, 3.8) is 0 Å². The Morgan fingerprint density at radius 2 is 2.19 bits per heavy atom. The minimum absolute atomic E-state index is 0.822. The predicted octanol–water partition coefficient (Wildman–Crippen LogP) is 2.95. The molecule has 16 heavy (non-hydrogen) atoms. The van der Waals surface area contributed by atoms with Crippen LogP contribution < -0.4 is 0 Å². The first-order valence-electron chi connectivity index (χ1n) is 4.43. The van der Waals surface area contributed by atoms with Crippen molar-refractivity contribution in [2.45, 2.75) is 0 Å². The molecule has 1 rings (SSSR count). The van der Waals surface area contributed by atoms with Gasteiger partial charge >= 0.3 is 6.03 Å². The molecule has 0 spiro atoms. The number of hydroxylamine groups is 2. The molecule has 0 bridgehead atoms. The van der Waals surface area contributed by atoms with Gasteiger partial charge in [-0.1, -0.05) is 30.3 Å². The van der Waals surface area contributed by atoms with Gasteiger partial charge < -0.3 is 0 Å². The zero-order valence-electron chi connectivity index (χ0n) is 8.65. The zero-order valence-corrected chi connectivity index (χ0v) is 8.65. The van der Waals surface area contributed by atoms with E-state index in [4.69, 9.17) is 10.4 Å². The van der Waals surface area contributed by atoms with Crippen LogP contribution in [0.25, 0.3) is 16.5 Å². The lowest BCUT2D eigenvalue weighted by Crippen LogP contribution is -2.20. The lowest BCUT2D eigenvalue weighted by atomic mass is 10.2. The molecule has 0 saturated carbocycles. The summed E-state index contributed by atoms with van der Waals surface area (Å²) in [4.78, 5) is 18.2. The van der Waals surface area contributed by atoms with Gasteiger partial charge in [0.2, 0.25) is 0 Å². The molecule has 6 heteroatoms. The topological polar surface area (TPSA) is 78.3 Å². The Kier molecular flexibility index (Phi) is 4.59. The normalized spacial score (nSPS) is 9.81. The van der Waals surface area contributed by atoms with Crippen LogP contribution in [0.1, 0.15) is 5.56 Å². The SMILES string of the molecule is CON(C=Cc1ccccc1)C(=O)N=[N+]=[N-]. The number of hydrogen-bond acceptors (Lipinski definition) is 2. The smallest absolute Gasteiger partial charge is 0.270 e. The Bertz CT molecular complexity index is 424. The molecule has 0 aliphatic carbocycles. The van der Waals surface area contributed by atoms with Gasteiger partial charge in [0, 0.05) is 16.2 Å². The van der Waals surface area contributed by atoms with Crippen LogP contribution >= 0.6 is 0 Å². The first-order valence-corrected chi connectivity index (χ1v) is 4.43. The van der Waals surface area contributed by atoms with Crippen molar-refractivity contribution in [2.75, 3.05) is 7.11 Å². The van der Waals surface area contributed by atoms with E-state index in [-0.39, 0.29) is 0 Å². The molecule has 1 aromatic carbocycles. The van der Waals surface area contributed by atoms with Crippen molar-refractivity contribution in [2.24, 2.45) is 5.11 Å². The van der Waals surface area contributed by atoms with E-state index in [1.54, 1.807) is 6.08 Å². The summed E-state index contributed by atoms with van der Waals surface area (Å²) in [6.07, 6.45) is 3.04. The summed E-state index contributed by atoms with van der Waals surface area (Å²) >= 11 is 0. The Hall–Kier alpha value is -2.30. The second kappa shape index (κ2) is 6.23. The summed E-state index contributed by atoms with van der Waals surface area (Å²) in [7, 11) is 1.31. The Balaban J connectivity index is 2.74. The Morgan fingerprint density at radius 1 is 1.50 bits per heavy atom. The Morgan fingerprint density at radius 3 is 2.75 bits per heavy atom. The highest BCUT2D eigenvalue weighted by atomic mass is 16.7. The molecule has 0 aliphatic rings. The van der Waals surface area contributed by atoms with Crippen LogP contribution in [-0.4, -0.2) is 18.2 Å². The average Bonchev–Trinajstić information content (AvgIpc) is 2.31. The number of azide groups is 1. The first kappa shape index (κ1) is 11.8. The minimum atomic E-state index is -0.822. The van der Waals surface area contributed by atoms with Crippen LogP contribution in [-0.2, 0) is 4.84 Å². The number of carbonyl (C=O) groups excluding carboxylic acids is 1. The Labute approximate surface area is 92.3 Å². The van der Waals surface area contributed by atoms with E-state index in [9.17, 15) is 4.79 Å². The molecule has 0 heterocycles. The third-order valence-corrected chi connectivity index (χ3v) is 1.72. The van der Waals surface area contributed by atoms with Gasteiger partial charge in [0.15, 0.2) is 0 Å². The van der Waals surface area contributed by atoms with E-state index in [2.05, 4.69) is 10.0 Å². The fourth-order valence-corrected chi connectivity index (χ4v) is 1.00. The van der Waals surface area contributed by atoms with Crippen LogP contribution in [0.3, 0.4) is 0 Å². The fourth-order valence-electron chi connectivity index (χ4n) is 1.00. The van der Waals surface area contributed by atoms with E-state index >= 15 is 0 Å². The highest BCUT2D eigenvalue weighted by Crippen LogP contribution is 2.04. The molecule has 0 atom stereocenters. The zero-order chi connectivity index (χ0) is 11.8. The third kappa shape index (κ3) is 3.45. The number of hydrogen-bond donors (Lipinski definition) is 0. The van der Waals surface area contributed by atoms with Crippen molar-refractivity contribution < 1.29 is 9.63 Å². The second-order valence-corrected chi connectivity index (χ2v) is 2.71. The lowest BCUT2D eigenvalue weighted by molar-refractivity contribution is -0.0413. The minimum Gasteiger partial charge on any atom is -0.270 e. The molecule has 6 nitrogen and oxygen atoms in total. The lowest BCUT2D eigenvalue weighted by Gasteiger charge is -2.10. The largest absolute Gasteiger partial charge is 0.338 e. The molecule has 82 valence electrons. The van der Waals surface area contributed by atoms with Crippen molar-refractivity contribution >= 4 is 12.1 Å². The number of rotatable bonds is 3. The maximum absolute atomic E-state index is 11.1. The van der Waals surface area contributed by atoms with Crippen molar-refractivity contribution in [1.29, 1.82) is 0 Å². The van der Waals surface area contributed by atoms with Crippen molar-refractivity contribution in [1.82, 2.24) is 5.06 Å².